The Bertz CT molecular complexity index is 836. The zero-order chi connectivity index (χ0) is 14.1. The SMILES string of the molecule is CCn1c(=O)nc(-c2cccc(C)c2)c2cccnc21. The van der Waals surface area contributed by atoms with E-state index in [0.29, 0.717) is 17.9 Å². The monoisotopic (exact) mass is 265 g/mol. The third-order valence-electron chi connectivity index (χ3n) is 3.34. The maximum atomic E-state index is 12.2. The average molecular weight is 265 g/mol. The van der Waals surface area contributed by atoms with Gasteiger partial charge in [0.1, 0.15) is 5.65 Å². The first-order valence-corrected chi connectivity index (χ1v) is 6.63. The largest absolute Gasteiger partial charge is 0.349 e. The number of fused-ring (bicyclic) bond motifs is 1. The second-order valence-corrected chi connectivity index (χ2v) is 4.73. The molecule has 1 aromatic carbocycles. The Hall–Kier alpha value is -2.49. The molecule has 0 amide bonds. The molecule has 0 bridgehead atoms. The normalized spacial score (nSPS) is 10.9. The van der Waals surface area contributed by atoms with Gasteiger partial charge in [-0.2, -0.15) is 4.98 Å². The molecule has 2 heterocycles. The van der Waals surface area contributed by atoms with Gasteiger partial charge in [-0.15, -0.1) is 0 Å². The Balaban J connectivity index is 2.40. The molecular formula is C16H15N3O. The number of rotatable bonds is 2. The first kappa shape index (κ1) is 12.5. The van der Waals surface area contributed by atoms with Crippen molar-refractivity contribution in [1.82, 2.24) is 14.5 Å². The summed E-state index contributed by atoms with van der Waals surface area (Å²) >= 11 is 0. The van der Waals surface area contributed by atoms with Crippen molar-refractivity contribution in [2.75, 3.05) is 0 Å². The first-order chi connectivity index (χ1) is 9.70. The fourth-order valence-electron chi connectivity index (χ4n) is 2.40. The van der Waals surface area contributed by atoms with Crippen LogP contribution in [-0.4, -0.2) is 14.5 Å². The molecule has 0 fully saturated rings. The third-order valence-corrected chi connectivity index (χ3v) is 3.34. The molecular weight excluding hydrogens is 250 g/mol. The number of pyridine rings is 1. The van der Waals surface area contributed by atoms with Gasteiger partial charge in [-0.1, -0.05) is 23.8 Å². The average Bonchev–Trinajstić information content (AvgIpc) is 2.46. The maximum absolute atomic E-state index is 12.2. The Morgan fingerprint density at radius 2 is 2.05 bits per heavy atom. The highest BCUT2D eigenvalue weighted by Gasteiger charge is 2.11. The molecule has 0 radical (unpaired) electrons. The van der Waals surface area contributed by atoms with Crippen molar-refractivity contribution < 1.29 is 0 Å². The summed E-state index contributed by atoms with van der Waals surface area (Å²) in [7, 11) is 0. The molecule has 2 aromatic heterocycles. The summed E-state index contributed by atoms with van der Waals surface area (Å²) in [4.78, 5) is 20.8. The van der Waals surface area contributed by atoms with E-state index in [-0.39, 0.29) is 5.69 Å². The molecule has 0 aliphatic carbocycles. The van der Waals surface area contributed by atoms with Crippen LogP contribution in [0, 0.1) is 6.92 Å². The highest BCUT2D eigenvalue weighted by atomic mass is 16.1. The van der Waals surface area contributed by atoms with Crippen LogP contribution in [0.15, 0.2) is 47.4 Å². The lowest BCUT2D eigenvalue weighted by atomic mass is 10.1. The van der Waals surface area contributed by atoms with Gasteiger partial charge in [0.2, 0.25) is 0 Å². The minimum atomic E-state index is -0.254. The fourth-order valence-corrected chi connectivity index (χ4v) is 2.40. The van der Waals surface area contributed by atoms with Gasteiger partial charge >= 0.3 is 5.69 Å². The van der Waals surface area contributed by atoms with E-state index >= 15 is 0 Å². The van der Waals surface area contributed by atoms with E-state index in [4.69, 9.17) is 0 Å². The molecule has 3 rings (SSSR count). The van der Waals surface area contributed by atoms with Crippen molar-refractivity contribution in [3.05, 3.63) is 58.6 Å². The van der Waals surface area contributed by atoms with Crippen molar-refractivity contribution in [2.24, 2.45) is 0 Å². The van der Waals surface area contributed by atoms with Gasteiger partial charge in [0, 0.05) is 23.7 Å². The molecule has 4 nitrogen and oxygen atoms in total. The lowest BCUT2D eigenvalue weighted by Gasteiger charge is -2.10. The van der Waals surface area contributed by atoms with Crippen LogP contribution in [0.1, 0.15) is 12.5 Å². The smallest absolute Gasteiger partial charge is 0.276 e. The lowest BCUT2D eigenvalue weighted by molar-refractivity contribution is 0.723. The zero-order valence-corrected chi connectivity index (χ0v) is 11.5. The lowest BCUT2D eigenvalue weighted by Crippen LogP contribution is -2.23. The van der Waals surface area contributed by atoms with Crippen LogP contribution in [-0.2, 0) is 6.54 Å². The van der Waals surface area contributed by atoms with Crippen molar-refractivity contribution in [3.8, 4) is 11.3 Å². The van der Waals surface area contributed by atoms with Gasteiger partial charge in [0.15, 0.2) is 0 Å². The van der Waals surface area contributed by atoms with E-state index in [9.17, 15) is 4.79 Å². The molecule has 0 spiro atoms. The summed E-state index contributed by atoms with van der Waals surface area (Å²) in [5.74, 6) is 0. The van der Waals surface area contributed by atoms with E-state index < -0.39 is 0 Å². The Morgan fingerprint density at radius 1 is 1.20 bits per heavy atom. The summed E-state index contributed by atoms with van der Waals surface area (Å²) in [6.07, 6.45) is 1.70. The van der Waals surface area contributed by atoms with Gasteiger partial charge in [-0.05, 0) is 32.0 Å². The van der Waals surface area contributed by atoms with Gasteiger partial charge in [-0.25, -0.2) is 9.78 Å². The number of aromatic nitrogens is 3. The zero-order valence-electron chi connectivity index (χ0n) is 11.5. The molecule has 0 atom stereocenters. The molecule has 3 aromatic rings. The number of benzene rings is 1. The van der Waals surface area contributed by atoms with Gasteiger partial charge in [-0.3, -0.25) is 4.57 Å². The number of hydrogen-bond acceptors (Lipinski definition) is 3. The first-order valence-electron chi connectivity index (χ1n) is 6.63. The van der Waals surface area contributed by atoms with E-state index in [1.807, 2.05) is 50.2 Å². The van der Waals surface area contributed by atoms with E-state index in [2.05, 4.69) is 9.97 Å². The molecule has 4 heteroatoms. The standard InChI is InChI=1S/C16H15N3O/c1-3-19-15-13(8-5-9-17-15)14(18-16(19)20)12-7-4-6-11(2)10-12/h4-10H,3H2,1-2H3. The molecule has 0 unspecified atom stereocenters. The highest BCUT2D eigenvalue weighted by Crippen LogP contribution is 2.24. The molecule has 0 saturated carbocycles. The second kappa shape index (κ2) is 4.89. The van der Waals surface area contributed by atoms with Crippen molar-refractivity contribution in [3.63, 3.8) is 0 Å². The molecule has 0 N–H and O–H groups in total. The van der Waals surface area contributed by atoms with Crippen LogP contribution in [0.4, 0.5) is 0 Å². The minimum absolute atomic E-state index is 0.254. The van der Waals surface area contributed by atoms with Crippen molar-refractivity contribution >= 4 is 11.0 Å². The number of aryl methyl sites for hydroxylation is 2. The third kappa shape index (κ3) is 1.99. The second-order valence-electron chi connectivity index (χ2n) is 4.73. The van der Waals surface area contributed by atoms with E-state index in [0.717, 1.165) is 16.5 Å². The van der Waals surface area contributed by atoms with Crippen LogP contribution in [0.25, 0.3) is 22.3 Å². The van der Waals surface area contributed by atoms with Gasteiger partial charge in [0.05, 0.1) is 5.69 Å². The predicted molar refractivity (Wildman–Crippen MR) is 79.6 cm³/mol. The molecule has 100 valence electrons. The van der Waals surface area contributed by atoms with Crippen molar-refractivity contribution in [2.45, 2.75) is 20.4 Å². The summed E-state index contributed by atoms with van der Waals surface area (Å²) in [6.45, 7) is 4.51. The Kier molecular flexibility index (Phi) is 3.06. The summed E-state index contributed by atoms with van der Waals surface area (Å²) in [5.41, 5.74) is 3.22. The quantitative estimate of drug-likeness (QED) is 0.716. The topological polar surface area (TPSA) is 47.8 Å². The summed E-state index contributed by atoms with van der Waals surface area (Å²) in [5, 5.41) is 0.902. The van der Waals surface area contributed by atoms with E-state index in [1.54, 1.807) is 10.8 Å². The van der Waals surface area contributed by atoms with Crippen LogP contribution >= 0.6 is 0 Å². The number of hydrogen-bond donors (Lipinski definition) is 0. The van der Waals surface area contributed by atoms with E-state index in [1.165, 1.54) is 0 Å². The molecule has 20 heavy (non-hydrogen) atoms. The highest BCUT2D eigenvalue weighted by molar-refractivity contribution is 5.90. The molecule has 0 saturated heterocycles. The van der Waals surface area contributed by atoms with Crippen LogP contribution < -0.4 is 5.69 Å². The van der Waals surface area contributed by atoms with Crippen molar-refractivity contribution in [1.29, 1.82) is 0 Å². The van der Waals surface area contributed by atoms with Gasteiger partial charge < -0.3 is 0 Å². The molecule has 0 aliphatic heterocycles. The van der Waals surface area contributed by atoms with Crippen LogP contribution in [0.5, 0.6) is 0 Å². The Morgan fingerprint density at radius 3 is 2.80 bits per heavy atom. The predicted octanol–water partition coefficient (Wildman–Crippen LogP) is 2.79. The fraction of sp³-hybridized carbons (Fsp3) is 0.188. The number of nitrogens with zero attached hydrogens (tertiary/aromatic N) is 3. The summed E-state index contributed by atoms with van der Waals surface area (Å²) < 4.78 is 1.59. The Labute approximate surface area is 116 Å². The van der Waals surface area contributed by atoms with Gasteiger partial charge in [0.25, 0.3) is 0 Å². The van der Waals surface area contributed by atoms with Crippen LogP contribution in [0.3, 0.4) is 0 Å². The maximum Gasteiger partial charge on any atom is 0.349 e. The summed E-state index contributed by atoms with van der Waals surface area (Å²) in [6, 6.07) is 11.8. The molecule has 0 aliphatic rings. The van der Waals surface area contributed by atoms with Crippen LogP contribution in [0.2, 0.25) is 0 Å². The minimum Gasteiger partial charge on any atom is -0.276 e.